The number of halogens is 1. The highest BCUT2D eigenvalue weighted by atomic mass is 19.1. The molecule has 24 heavy (non-hydrogen) atoms. The Bertz CT molecular complexity index is 911. The van der Waals surface area contributed by atoms with Gasteiger partial charge in [-0.1, -0.05) is 18.2 Å². The van der Waals surface area contributed by atoms with Crippen LogP contribution < -0.4 is 5.73 Å². The standard InChI is InChI=1S/C19H16FN3O/c1-12-17(19(21)24)11-18(23-12)14-8-9-22-16(10-14)7-4-13-2-5-15(20)6-3-13/h2-11,23H,1H3,(H2,21,24)/b7-4+. The van der Waals surface area contributed by atoms with Crippen LogP contribution in [0.2, 0.25) is 0 Å². The second kappa shape index (κ2) is 6.50. The lowest BCUT2D eigenvalue weighted by Crippen LogP contribution is -2.10. The molecule has 0 unspecified atom stereocenters. The molecule has 0 fully saturated rings. The molecule has 0 saturated heterocycles. The maximum Gasteiger partial charge on any atom is 0.250 e. The lowest BCUT2D eigenvalue weighted by atomic mass is 10.1. The van der Waals surface area contributed by atoms with E-state index in [0.717, 1.165) is 28.2 Å². The summed E-state index contributed by atoms with van der Waals surface area (Å²) in [5.74, 6) is -0.722. The van der Waals surface area contributed by atoms with Crippen LogP contribution in [0.5, 0.6) is 0 Å². The summed E-state index contributed by atoms with van der Waals surface area (Å²) >= 11 is 0. The number of aromatic amines is 1. The van der Waals surface area contributed by atoms with Crippen molar-refractivity contribution in [2.24, 2.45) is 5.73 Å². The van der Waals surface area contributed by atoms with Crippen LogP contribution in [0.4, 0.5) is 4.39 Å². The Labute approximate surface area is 138 Å². The van der Waals surface area contributed by atoms with Gasteiger partial charge in [0.25, 0.3) is 5.91 Å². The summed E-state index contributed by atoms with van der Waals surface area (Å²) in [7, 11) is 0. The molecule has 1 amide bonds. The first-order valence-corrected chi connectivity index (χ1v) is 7.42. The van der Waals surface area contributed by atoms with Gasteiger partial charge in [-0.3, -0.25) is 9.78 Å². The van der Waals surface area contributed by atoms with Gasteiger partial charge in [0.05, 0.1) is 11.3 Å². The molecular formula is C19H16FN3O. The van der Waals surface area contributed by atoms with Gasteiger partial charge in [-0.25, -0.2) is 4.39 Å². The number of hydrogen-bond acceptors (Lipinski definition) is 2. The fourth-order valence-electron chi connectivity index (χ4n) is 2.43. The number of nitrogens with one attached hydrogen (secondary N) is 1. The average molecular weight is 321 g/mol. The SMILES string of the molecule is Cc1[nH]c(-c2ccnc(/C=C/c3ccc(F)cc3)c2)cc1C(N)=O. The summed E-state index contributed by atoms with van der Waals surface area (Å²) in [6, 6.07) is 11.7. The van der Waals surface area contributed by atoms with E-state index in [1.54, 1.807) is 31.3 Å². The minimum absolute atomic E-state index is 0.264. The number of nitrogens with zero attached hydrogens (tertiary/aromatic N) is 1. The number of carbonyl (C=O) groups excluding carboxylic acids is 1. The number of rotatable bonds is 4. The van der Waals surface area contributed by atoms with E-state index in [2.05, 4.69) is 9.97 Å². The summed E-state index contributed by atoms with van der Waals surface area (Å²) in [4.78, 5) is 18.8. The monoisotopic (exact) mass is 321 g/mol. The van der Waals surface area contributed by atoms with E-state index in [1.165, 1.54) is 12.1 Å². The van der Waals surface area contributed by atoms with Crippen LogP contribution in [0.15, 0.2) is 48.7 Å². The number of aryl methyl sites for hydroxylation is 1. The molecule has 0 aliphatic heterocycles. The fourth-order valence-corrected chi connectivity index (χ4v) is 2.43. The van der Waals surface area contributed by atoms with Crippen LogP contribution >= 0.6 is 0 Å². The summed E-state index contributed by atoms with van der Waals surface area (Å²) in [5.41, 5.74) is 9.91. The third-order valence-electron chi connectivity index (χ3n) is 3.69. The number of amides is 1. The number of hydrogen-bond donors (Lipinski definition) is 2. The van der Waals surface area contributed by atoms with Crippen molar-refractivity contribution in [3.8, 4) is 11.3 Å². The Morgan fingerprint density at radius 3 is 2.58 bits per heavy atom. The zero-order valence-electron chi connectivity index (χ0n) is 13.1. The Morgan fingerprint density at radius 1 is 1.17 bits per heavy atom. The van der Waals surface area contributed by atoms with Crippen molar-refractivity contribution >= 4 is 18.1 Å². The van der Waals surface area contributed by atoms with Crippen molar-refractivity contribution < 1.29 is 9.18 Å². The van der Waals surface area contributed by atoms with E-state index >= 15 is 0 Å². The molecule has 2 aromatic heterocycles. The molecule has 0 aliphatic carbocycles. The van der Waals surface area contributed by atoms with E-state index < -0.39 is 5.91 Å². The van der Waals surface area contributed by atoms with Gasteiger partial charge in [-0.2, -0.15) is 0 Å². The molecule has 0 radical (unpaired) electrons. The number of pyridine rings is 1. The van der Waals surface area contributed by atoms with Crippen LogP contribution in [0, 0.1) is 12.7 Å². The van der Waals surface area contributed by atoms with Crippen molar-refractivity contribution in [1.82, 2.24) is 9.97 Å². The summed E-state index contributed by atoms with van der Waals surface area (Å²) in [5, 5.41) is 0. The van der Waals surface area contributed by atoms with E-state index in [1.807, 2.05) is 24.3 Å². The van der Waals surface area contributed by atoms with Gasteiger partial charge in [0.15, 0.2) is 0 Å². The van der Waals surface area contributed by atoms with Crippen molar-refractivity contribution in [3.05, 3.63) is 77.0 Å². The summed E-state index contributed by atoms with van der Waals surface area (Å²) in [6.45, 7) is 1.81. The lowest BCUT2D eigenvalue weighted by Gasteiger charge is -2.00. The highest BCUT2D eigenvalue weighted by molar-refractivity contribution is 5.95. The number of aromatic nitrogens is 2. The van der Waals surface area contributed by atoms with Crippen molar-refractivity contribution in [3.63, 3.8) is 0 Å². The van der Waals surface area contributed by atoms with E-state index in [0.29, 0.717) is 5.56 Å². The number of carbonyl (C=O) groups is 1. The first kappa shape index (κ1) is 15.7. The highest BCUT2D eigenvalue weighted by Gasteiger charge is 2.10. The summed E-state index contributed by atoms with van der Waals surface area (Å²) in [6.07, 6.45) is 5.40. The molecule has 120 valence electrons. The number of H-pyrrole nitrogens is 1. The molecular weight excluding hydrogens is 305 g/mol. The molecule has 3 aromatic rings. The molecule has 5 heteroatoms. The van der Waals surface area contributed by atoms with E-state index in [-0.39, 0.29) is 5.82 Å². The van der Waals surface area contributed by atoms with E-state index in [4.69, 9.17) is 5.73 Å². The Hall–Kier alpha value is -3.21. The Morgan fingerprint density at radius 2 is 1.92 bits per heavy atom. The Balaban J connectivity index is 1.87. The predicted molar refractivity (Wildman–Crippen MR) is 92.6 cm³/mol. The highest BCUT2D eigenvalue weighted by Crippen LogP contribution is 2.22. The van der Waals surface area contributed by atoms with Crippen molar-refractivity contribution in [2.45, 2.75) is 6.92 Å². The third kappa shape index (κ3) is 3.41. The van der Waals surface area contributed by atoms with Gasteiger partial charge in [-0.15, -0.1) is 0 Å². The van der Waals surface area contributed by atoms with Crippen molar-refractivity contribution in [1.29, 1.82) is 0 Å². The van der Waals surface area contributed by atoms with Crippen LogP contribution in [0.1, 0.15) is 27.3 Å². The van der Waals surface area contributed by atoms with E-state index in [9.17, 15) is 9.18 Å². The number of primary amides is 1. The first-order valence-electron chi connectivity index (χ1n) is 7.42. The normalized spacial score (nSPS) is 11.1. The molecule has 4 nitrogen and oxygen atoms in total. The second-order valence-corrected chi connectivity index (χ2v) is 5.44. The minimum atomic E-state index is -0.458. The first-order chi connectivity index (χ1) is 11.5. The van der Waals surface area contributed by atoms with Crippen molar-refractivity contribution in [2.75, 3.05) is 0 Å². The van der Waals surface area contributed by atoms with Crippen LogP contribution in [0.25, 0.3) is 23.4 Å². The third-order valence-corrected chi connectivity index (χ3v) is 3.69. The molecule has 2 heterocycles. The average Bonchev–Trinajstić information content (AvgIpc) is 2.97. The van der Waals surface area contributed by atoms with Crippen LogP contribution in [-0.4, -0.2) is 15.9 Å². The molecule has 0 atom stereocenters. The zero-order chi connectivity index (χ0) is 17.1. The maximum atomic E-state index is 12.9. The van der Waals surface area contributed by atoms with Gasteiger partial charge < -0.3 is 10.7 Å². The van der Waals surface area contributed by atoms with Gasteiger partial charge in [0.1, 0.15) is 5.82 Å². The fraction of sp³-hybridized carbons (Fsp3) is 0.0526. The molecule has 0 bridgehead atoms. The molecule has 0 saturated carbocycles. The topological polar surface area (TPSA) is 71.8 Å². The second-order valence-electron chi connectivity index (χ2n) is 5.44. The minimum Gasteiger partial charge on any atom is -0.366 e. The molecule has 0 aliphatic rings. The lowest BCUT2D eigenvalue weighted by molar-refractivity contribution is 0.1000. The molecule has 3 N–H and O–H groups in total. The maximum absolute atomic E-state index is 12.9. The van der Waals surface area contributed by atoms with Crippen LogP contribution in [0.3, 0.4) is 0 Å². The quantitative estimate of drug-likeness (QED) is 0.767. The smallest absolute Gasteiger partial charge is 0.250 e. The van der Waals surface area contributed by atoms with Gasteiger partial charge in [0.2, 0.25) is 0 Å². The zero-order valence-corrected chi connectivity index (χ0v) is 13.1. The number of nitrogens with two attached hydrogens (primary N) is 1. The molecule has 0 spiro atoms. The Kier molecular flexibility index (Phi) is 4.24. The largest absolute Gasteiger partial charge is 0.366 e. The predicted octanol–water partition coefficient (Wildman–Crippen LogP) is 3.79. The van der Waals surface area contributed by atoms with Gasteiger partial charge in [0, 0.05) is 23.1 Å². The molecule has 1 aromatic carbocycles. The van der Waals surface area contributed by atoms with Crippen LogP contribution in [-0.2, 0) is 0 Å². The molecule has 3 rings (SSSR count). The van der Waals surface area contributed by atoms with Gasteiger partial charge in [-0.05, 0) is 48.9 Å². The summed E-state index contributed by atoms with van der Waals surface area (Å²) < 4.78 is 12.9. The number of benzene rings is 1. The van der Waals surface area contributed by atoms with Gasteiger partial charge >= 0.3 is 0 Å².